The van der Waals surface area contributed by atoms with E-state index in [1.165, 1.54) is 17.3 Å². The molecule has 1 aromatic heterocycles. The molecule has 21 heavy (non-hydrogen) atoms. The number of Topliss-reactive ketones (excluding diaryl/α,β-unsaturated/α-hetero) is 1. The average molecular weight is 303 g/mol. The van der Waals surface area contributed by atoms with E-state index in [0.29, 0.717) is 5.75 Å². The number of thioether (sulfide) groups is 1. The van der Waals surface area contributed by atoms with Gasteiger partial charge in [-0.3, -0.25) is 4.79 Å². The van der Waals surface area contributed by atoms with Gasteiger partial charge >= 0.3 is 0 Å². The summed E-state index contributed by atoms with van der Waals surface area (Å²) in [6.07, 6.45) is 0. The molecule has 0 saturated heterocycles. The Balaban J connectivity index is 2.02. The van der Waals surface area contributed by atoms with Crippen molar-refractivity contribution < 1.29 is 4.79 Å². The van der Waals surface area contributed by atoms with Crippen LogP contribution in [0.3, 0.4) is 0 Å². The monoisotopic (exact) mass is 303 g/mol. The SMILES string of the molecule is Cc1nnc(SCC(=O)c2ccc(C(C)(C)C)cc2)n1C. The predicted octanol–water partition coefficient (Wildman–Crippen LogP) is 3.40. The first-order valence-electron chi connectivity index (χ1n) is 6.91. The summed E-state index contributed by atoms with van der Waals surface area (Å²) >= 11 is 1.42. The Morgan fingerprint density at radius 1 is 1.19 bits per heavy atom. The lowest BCUT2D eigenvalue weighted by atomic mass is 9.86. The van der Waals surface area contributed by atoms with Gasteiger partial charge in [-0.1, -0.05) is 56.8 Å². The van der Waals surface area contributed by atoms with Gasteiger partial charge in [0.2, 0.25) is 0 Å². The van der Waals surface area contributed by atoms with Gasteiger partial charge in [0.05, 0.1) is 5.75 Å². The van der Waals surface area contributed by atoms with Gasteiger partial charge in [0, 0.05) is 12.6 Å². The third-order valence-corrected chi connectivity index (χ3v) is 4.48. The summed E-state index contributed by atoms with van der Waals surface area (Å²) < 4.78 is 1.89. The molecule has 0 fully saturated rings. The second-order valence-corrected chi connectivity index (χ2v) is 7.07. The van der Waals surface area contributed by atoms with Crippen LogP contribution in [-0.4, -0.2) is 26.3 Å². The summed E-state index contributed by atoms with van der Waals surface area (Å²) in [7, 11) is 1.90. The van der Waals surface area contributed by atoms with Crippen LogP contribution < -0.4 is 0 Å². The van der Waals surface area contributed by atoms with Crippen LogP contribution in [0.2, 0.25) is 0 Å². The van der Waals surface area contributed by atoms with E-state index in [0.717, 1.165) is 16.5 Å². The fourth-order valence-electron chi connectivity index (χ4n) is 1.88. The molecule has 0 radical (unpaired) electrons. The summed E-state index contributed by atoms with van der Waals surface area (Å²) in [4.78, 5) is 12.2. The number of nitrogens with zero attached hydrogens (tertiary/aromatic N) is 3. The molecule has 0 N–H and O–H groups in total. The Kier molecular flexibility index (Phi) is 4.52. The van der Waals surface area contributed by atoms with E-state index in [1.54, 1.807) is 0 Å². The highest BCUT2D eigenvalue weighted by Gasteiger charge is 2.15. The normalized spacial score (nSPS) is 11.7. The summed E-state index contributed by atoms with van der Waals surface area (Å²) in [6.45, 7) is 8.38. The number of ketones is 1. The molecular formula is C16H21N3OS. The van der Waals surface area contributed by atoms with Gasteiger partial charge in [0.1, 0.15) is 5.82 Å². The first-order chi connectivity index (χ1) is 9.79. The summed E-state index contributed by atoms with van der Waals surface area (Å²) in [6, 6.07) is 7.88. The number of carbonyl (C=O) groups excluding carboxylic acids is 1. The maximum Gasteiger partial charge on any atom is 0.191 e. The van der Waals surface area contributed by atoms with Gasteiger partial charge in [-0.05, 0) is 17.9 Å². The van der Waals surface area contributed by atoms with E-state index in [-0.39, 0.29) is 11.2 Å². The van der Waals surface area contributed by atoms with Crippen molar-refractivity contribution in [3.63, 3.8) is 0 Å². The van der Waals surface area contributed by atoms with Gasteiger partial charge in [-0.25, -0.2) is 0 Å². The van der Waals surface area contributed by atoms with Gasteiger partial charge in [-0.15, -0.1) is 10.2 Å². The third-order valence-electron chi connectivity index (χ3n) is 3.46. The van der Waals surface area contributed by atoms with E-state index in [1.807, 2.05) is 42.8 Å². The van der Waals surface area contributed by atoms with Crippen LogP contribution >= 0.6 is 11.8 Å². The zero-order valence-electron chi connectivity index (χ0n) is 13.2. The van der Waals surface area contributed by atoms with Gasteiger partial charge in [-0.2, -0.15) is 0 Å². The standard InChI is InChI=1S/C16H21N3OS/c1-11-17-18-15(19(11)5)21-10-14(20)12-6-8-13(9-7-12)16(2,3)4/h6-9H,10H2,1-5H3. The summed E-state index contributed by atoms with van der Waals surface area (Å²) in [5.74, 6) is 1.33. The quantitative estimate of drug-likeness (QED) is 0.641. The number of hydrogen-bond donors (Lipinski definition) is 0. The fraction of sp³-hybridized carbons (Fsp3) is 0.438. The third kappa shape index (κ3) is 3.73. The van der Waals surface area contributed by atoms with E-state index in [9.17, 15) is 4.79 Å². The molecule has 5 heteroatoms. The van der Waals surface area contributed by atoms with Crippen molar-refractivity contribution in [2.45, 2.75) is 38.3 Å². The minimum absolute atomic E-state index is 0.104. The molecule has 0 aliphatic carbocycles. The largest absolute Gasteiger partial charge is 0.309 e. The van der Waals surface area contributed by atoms with Crippen LogP contribution in [0.15, 0.2) is 29.4 Å². The minimum Gasteiger partial charge on any atom is -0.309 e. The number of benzene rings is 1. The number of rotatable bonds is 4. The number of hydrogen-bond acceptors (Lipinski definition) is 4. The highest BCUT2D eigenvalue weighted by atomic mass is 32.2. The maximum absolute atomic E-state index is 12.2. The van der Waals surface area contributed by atoms with E-state index in [4.69, 9.17) is 0 Å². The second kappa shape index (κ2) is 6.02. The molecule has 0 atom stereocenters. The van der Waals surface area contributed by atoms with Crippen molar-refractivity contribution >= 4 is 17.5 Å². The van der Waals surface area contributed by atoms with Crippen LogP contribution in [0.25, 0.3) is 0 Å². The Bertz CT molecular complexity index is 639. The molecule has 0 spiro atoms. The molecule has 2 rings (SSSR count). The summed E-state index contributed by atoms with van der Waals surface area (Å²) in [5.41, 5.74) is 2.08. The number of aryl methyl sites for hydroxylation is 1. The van der Waals surface area contributed by atoms with Gasteiger partial charge < -0.3 is 4.57 Å². The lowest BCUT2D eigenvalue weighted by Crippen LogP contribution is -2.11. The molecular weight excluding hydrogens is 282 g/mol. The van der Waals surface area contributed by atoms with Crippen LogP contribution in [0.1, 0.15) is 42.5 Å². The molecule has 2 aromatic rings. The number of carbonyl (C=O) groups is 1. The lowest BCUT2D eigenvalue weighted by molar-refractivity contribution is 0.102. The molecule has 0 unspecified atom stereocenters. The Morgan fingerprint density at radius 2 is 1.81 bits per heavy atom. The zero-order valence-corrected chi connectivity index (χ0v) is 14.0. The average Bonchev–Trinajstić information content (AvgIpc) is 2.75. The van der Waals surface area contributed by atoms with Crippen molar-refractivity contribution in [2.75, 3.05) is 5.75 Å². The first kappa shape index (κ1) is 15.8. The maximum atomic E-state index is 12.2. The Labute approximate surface area is 130 Å². The van der Waals surface area contributed by atoms with Crippen LogP contribution in [-0.2, 0) is 12.5 Å². The minimum atomic E-state index is 0.104. The van der Waals surface area contributed by atoms with Crippen LogP contribution in [0.4, 0.5) is 0 Å². The van der Waals surface area contributed by atoms with E-state index >= 15 is 0 Å². The zero-order chi connectivity index (χ0) is 15.6. The van der Waals surface area contributed by atoms with Crippen LogP contribution in [0.5, 0.6) is 0 Å². The molecule has 0 bridgehead atoms. The van der Waals surface area contributed by atoms with Gasteiger partial charge in [0.15, 0.2) is 10.9 Å². The van der Waals surface area contributed by atoms with E-state index in [2.05, 4.69) is 31.0 Å². The van der Waals surface area contributed by atoms with Crippen molar-refractivity contribution in [1.82, 2.24) is 14.8 Å². The lowest BCUT2D eigenvalue weighted by Gasteiger charge is -2.18. The first-order valence-corrected chi connectivity index (χ1v) is 7.90. The van der Waals surface area contributed by atoms with Crippen LogP contribution in [0, 0.1) is 6.92 Å². The molecule has 0 aliphatic rings. The Morgan fingerprint density at radius 3 is 2.29 bits per heavy atom. The Hall–Kier alpha value is -1.62. The van der Waals surface area contributed by atoms with Crippen molar-refractivity contribution in [3.05, 3.63) is 41.2 Å². The number of aromatic nitrogens is 3. The van der Waals surface area contributed by atoms with Crippen molar-refractivity contribution in [3.8, 4) is 0 Å². The van der Waals surface area contributed by atoms with Crippen molar-refractivity contribution in [2.24, 2.45) is 7.05 Å². The predicted molar refractivity (Wildman–Crippen MR) is 85.9 cm³/mol. The molecule has 0 amide bonds. The van der Waals surface area contributed by atoms with Gasteiger partial charge in [0.25, 0.3) is 0 Å². The molecule has 1 heterocycles. The molecule has 112 valence electrons. The van der Waals surface area contributed by atoms with E-state index < -0.39 is 0 Å². The molecule has 0 saturated carbocycles. The highest BCUT2D eigenvalue weighted by molar-refractivity contribution is 7.99. The molecule has 0 aliphatic heterocycles. The summed E-state index contributed by atoms with van der Waals surface area (Å²) in [5, 5.41) is 8.81. The fourth-order valence-corrected chi connectivity index (χ4v) is 2.73. The topological polar surface area (TPSA) is 47.8 Å². The smallest absolute Gasteiger partial charge is 0.191 e. The highest BCUT2D eigenvalue weighted by Crippen LogP contribution is 2.23. The molecule has 4 nitrogen and oxygen atoms in total. The second-order valence-electron chi connectivity index (χ2n) is 6.13. The molecule has 1 aromatic carbocycles. The van der Waals surface area contributed by atoms with Crippen molar-refractivity contribution in [1.29, 1.82) is 0 Å².